The standard InChI is InChI=1S/C11H16ClNO2S/c1-8(4-3-5-12)13-11(14)10-6-9(15-2)7-16-10/h6-8H,3-5H2,1-2H3,(H,13,14). The van der Waals surface area contributed by atoms with Gasteiger partial charge in [0.05, 0.1) is 12.0 Å². The van der Waals surface area contributed by atoms with Gasteiger partial charge in [-0.05, 0) is 19.8 Å². The molecule has 0 spiro atoms. The van der Waals surface area contributed by atoms with E-state index in [9.17, 15) is 4.79 Å². The predicted molar refractivity (Wildman–Crippen MR) is 67.8 cm³/mol. The van der Waals surface area contributed by atoms with Crippen LogP contribution in [-0.4, -0.2) is 24.9 Å². The molecule has 0 fully saturated rings. The summed E-state index contributed by atoms with van der Waals surface area (Å²) in [4.78, 5) is 12.4. The fraction of sp³-hybridized carbons (Fsp3) is 0.545. The van der Waals surface area contributed by atoms with Crippen molar-refractivity contribution >= 4 is 28.8 Å². The van der Waals surface area contributed by atoms with Gasteiger partial charge in [0, 0.05) is 23.4 Å². The second-order valence-corrected chi connectivity index (χ2v) is 4.85. The minimum absolute atomic E-state index is 0.0460. The van der Waals surface area contributed by atoms with Crippen molar-refractivity contribution < 1.29 is 9.53 Å². The van der Waals surface area contributed by atoms with E-state index in [0.717, 1.165) is 18.6 Å². The number of amides is 1. The summed E-state index contributed by atoms with van der Waals surface area (Å²) in [5.41, 5.74) is 0. The molecule has 1 rings (SSSR count). The van der Waals surface area contributed by atoms with Crippen molar-refractivity contribution in [3.05, 3.63) is 16.3 Å². The maximum absolute atomic E-state index is 11.8. The number of methoxy groups -OCH3 is 1. The number of thiophene rings is 1. The SMILES string of the molecule is COc1csc(C(=O)NC(C)CCCCl)c1. The summed E-state index contributed by atoms with van der Waals surface area (Å²) < 4.78 is 5.03. The molecule has 0 aliphatic rings. The van der Waals surface area contributed by atoms with Gasteiger partial charge in [-0.15, -0.1) is 22.9 Å². The quantitative estimate of drug-likeness (QED) is 0.800. The minimum atomic E-state index is -0.0460. The molecule has 0 aromatic carbocycles. The molecule has 0 bridgehead atoms. The zero-order valence-corrected chi connectivity index (χ0v) is 11.0. The molecule has 0 saturated carbocycles. The molecule has 1 amide bonds. The maximum atomic E-state index is 11.8. The third-order valence-corrected chi connectivity index (χ3v) is 3.36. The highest BCUT2D eigenvalue weighted by atomic mass is 35.5. The van der Waals surface area contributed by atoms with E-state index < -0.39 is 0 Å². The molecule has 1 aromatic heterocycles. The Morgan fingerprint density at radius 2 is 2.44 bits per heavy atom. The fourth-order valence-corrected chi connectivity index (χ4v) is 2.21. The van der Waals surface area contributed by atoms with Crippen LogP contribution in [0.15, 0.2) is 11.4 Å². The van der Waals surface area contributed by atoms with Gasteiger partial charge in [-0.3, -0.25) is 4.79 Å². The molecule has 3 nitrogen and oxygen atoms in total. The molecule has 0 aliphatic carbocycles. The second-order valence-electron chi connectivity index (χ2n) is 3.56. The lowest BCUT2D eigenvalue weighted by Gasteiger charge is -2.11. The summed E-state index contributed by atoms with van der Waals surface area (Å²) in [5.74, 6) is 1.31. The van der Waals surface area contributed by atoms with E-state index in [4.69, 9.17) is 16.3 Å². The molecule has 0 aliphatic heterocycles. The smallest absolute Gasteiger partial charge is 0.261 e. The number of carbonyl (C=O) groups excluding carboxylic acids is 1. The minimum Gasteiger partial charge on any atom is -0.496 e. The van der Waals surface area contributed by atoms with Crippen molar-refractivity contribution in [3.63, 3.8) is 0 Å². The van der Waals surface area contributed by atoms with Crippen molar-refractivity contribution in [2.24, 2.45) is 0 Å². The highest BCUT2D eigenvalue weighted by Crippen LogP contribution is 2.21. The van der Waals surface area contributed by atoms with Crippen LogP contribution in [0.3, 0.4) is 0 Å². The largest absolute Gasteiger partial charge is 0.496 e. The molecule has 16 heavy (non-hydrogen) atoms. The van der Waals surface area contributed by atoms with Crippen LogP contribution >= 0.6 is 22.9 Å². The first kappa shape index (κ1) is 13.3. The molecule has 1 aromatic rings. The molecule has 90 valence electrons. The van der Waals surface area contributed by atoms with Crippen LogP contribution in [0.4, 0.5) is 0 Å². The third kappa shape index (κ3) is 4.02. The van der Waals surface area contributed by atoms with Crippen LogP contribution in [-0.2, 0) is 0 Å². The normalized spacial score (nSPS) is 12.2. The number of nitrogens with one attached hydrogen (secondary N) is 1. The second kappa shape index (κ2) is 6.76. The first-order valence-electron chi connectivity index (χ1n) is 5.16. The average Bonchev–Trinajstić information content (AvgIpc) is 2.74. The van der Waals surface area contributed by atoms with E-state index in [-0.39, 0.29) is 11.9 Å². The van der Waals surface area contributed by atoms with Crippen molar-refractivity contribution in [1.29, 1.82) is 0 Å². The van der Waals surface area contributed by atoms with E-state index in [1.54, 1.807) is 13.2 Å². The summed E-state index contributed by atoms with van der Waals surface area (Å²) in [6.07, 6.45) is 1.81. The number of alkyl halides is 1. The van der Waals surface area contributed by atoms with Crippen molar-refractivity contribution in [1.82, 2.24) is 5.32 Å². The van der Waals surface area contributed by atoms with E-state index in [1.807, 2.05) is 12.3 Å². The first-order valence-corrected chi connectivity index (χ1v) is 6.58. The highest BCUT2D eigenvalue weighted by molar-refractivity contribution is 7.12. The molecule has 0 radical (unpaired) electrons. The average molecular weight is 262 g/mol. The van der Waals surface area contributed by atoms with Gasteiger partial charge in [0.25, 0.3) is 5.91 Å². The topological polar surface area (TPSA) is 38.3 Å². The van der Waals surface area contributed by atoms with Crippen LogP contribution < -0.4 is 10.1 Å². The van der Waals surface area contributed by atoms with Crippen molar-refractivity contribution in [2.75, 3.05) is 13.0 Å². The predicted octanol–water partition coefficient (Wildman–Crippen LogP) is 2.89. The molecule has 1 unspecified atom stereocenters. The van der Waals surface area contributed by atoms with Crippen LogP contribution in [0.1, 0.15) is 29.4 Å². The van der Waals surface area contributed by atoms with Crippen LogP contribution in [0, 0.1) is 0 Å². The number of halogens is 1. The summed E-state index contributed by atoms with van der Waals surface area (Å²) in [5, 5.41) is 4.74. The lowest BCUT2D eigenvalue weighted by atomic mass is 10.2. The number of ether oxygens (including phenoxy) is 1. The summed E-state index contributed by atoms with van der Waals surface area (Å²) >= 11 is 6.98. The molecule has 0 saturated heterocycles. The van der Waals surface area contributed by atoms with Gasteiger partial charge >= 0.3 is 0 Å². The summed E-state index contributed by atoms with van der Waals surface area (Å²) in [6, 6.07) is 1.90. The van der Waals surface area contributed by atoms with E-state index in [2.05, 4.69) is 5.32 Å². The molecular weight excluding hydrogens is 246 g/mol. The Morgan fingerprint density at radius 1 is 1.69 bits per heavy atom. The van der Waals surface area contributed by atoms with E-state index >= 15 is 0 Å². The molecule has 1 heterocycles. The fourth-order valence-electron chi connectivity index (χ4n) is 1.30. The van der Waals surface area contributed by atoms with Gasteiger partial charge in [-0.25, -0.2) is 0 Å². The Labute approximate surface area is 105 Å². The number of rotatable bonds is 6. The monoisotopic (exact) mass is 261 g/mol. The van der Waals surface area contributed by atoms with Crippen molar-refractivity contribution in [3.8, 4) is 5.75 Å². The van der Waals surface area contributed by atoms with Gasteiger partial charge in [-0.2, -0.15) is 0 Å². The first-order chi connectivity index (χ1) is 7.67. The highest BCUT2D eigenvalue weighted by Gasteiger charge is 2.12. The van der Waals surface area contributed by atoms with Crippen LogP contribution in [0.25, 0.3) is 0 Å². The van der Waals surface area contributed by atoms with E-state index in [0.29, 0.717) is 10.8 Å². The lowest BCUT2D eigenvalue weighted by Crippen LogP contribution is -2.31. The number of hydrogen-bond acceptors (Lipinski definition) is 3. The molecule has 1 N–H and O–H groups in total. The Morgan fingerprint density at radius 3 is 3.00 bits per heavy atom. The number of hydrogen-bond donors (Lipinski definition) is 1. The van der Waals surface area contributed by atoms with Gasteiger partial charge < -0.3 is 10.1 Å². The zero-order chi connectivity index (χ0) is 12.0. The van der Waals surface area contributed by atoms with Gasteiger partial charge in [-0.1, -0.05) is 0 Å². The third-order valence-electron chi connectivity index (χ3n) is 2.18. The van der Waals surface area contributed by atoms with Crippen molar-refractivity contribution in [2.45, 2.75) is 25.8 Å². The Bertz CT molecular complexity index is 340. The maximum Gasteiger partial charge on any atom is 0.261 e. The zero-order valence-electron chi connectivity index (χ0n) is 9.46. The van der Waals surface area contributed by atoms with Crippen LogP contribution in [0.2, 0.25) is 0 Å². The summed E-state index contributed by atoms with van der Waals surface area (Å²) in [6.45, 7) is 1.98. The molecule has 5 heteroatoms. The van der Waals surface area contributed by atoms with Crippen LogP contribution in [0.5, 0.6) is 5.75 Å². The Hall–Kier alpha value is -0.740. The molecular formula is C11H16ClNO2S. The Balaban J connectivity index is 2.45. The summed E-state index contributed by atoms with van der Waals surface area (Å²) in [7, 11) is 1.59. The van der Waals surface area contributed by atoms with Gasteiger partial charge in [0.15, 0.2) is 0 Å². The number of carbonyl (C=O) groups is 1. The molecule has 1 atom stereocenters. The van der Waals surface area contributed by atoms with Gasteiger partial charge in [0.2, 0.25) is 0 Å². The Kier molecular flexibility index (Phi) is 5.63. The van der Waals surface area contributed by atoms with E-state index in [1.165, 1.54) is 11.3 Å². The lowest BCUT2D eigenvalue weighted by molar-refractivity contribution is 0.0942. The van der Waals surface area contributed by atoms with Gasteiger partial charge in [0.1, 0.15) is 5.75 Å².